The Morgan fingerprint density at radius 3 is 2.03 bits per heavy atom. The van der Waals surface area contributed by atoms with E-state index in [1.807, 2.05) is 12.1 Å². The van der Waals surface area contributed by atoms with E-state index in [9.17, 15) is 8.78 Å². The normalized spacial score (nSPS) is 27.8. The van der Waals surface area contributed by atoms with Crippen LogP contribution in [0.2, 0.25) is 0 Å². The summed E-state index contributed by atoms with van der Waals surface area (Å²) in [5.74, 6) is 2.68. The number of nitrogens with zero attached hydrogens (tertiary/aromatic N) is 1. The summed E-state index contributed by atoms with van der Waals surface area (Å²) in [4.78, 5) is 0. The monoisotopic (exact) mass is 399 g/mol. The van der Waals surface area contributed by atoms with Crippen molar-refractivity contribution < 1.29 is 8.78 Å². The highest BCUT2D eigenvalue weighted by atomic mass is 19.1. The Kier molecular flexibility index (Phi) is 8.71. The Bertz CT molecular complexity index is 689. The third-order valence-electron chi connectivity index (χ3n) is 7.45. The second-order valence-electron chi connectivity index (χ2n) is 9.33. The van der Waals surface area contributed by atoms with Gasteiger partial charge in [-0.05, 0) is 79.9 Å². The van der Waals surface area contributed by atoms with E-state index in [-0.39, 0.29) is 11.4 Å². The smallest absolute Gasteiger partial charge is 0.141 e. The zero-order valence-electron chi connectivity index (χ0n) is 17.6. The maximum absolute atomic E-state index is 13.9. The van der Waals surface area contributed by atoms with Gasteiger partial charge in [0.2, 0.25) is 0 Å². The van der Waals surface area contributed by atoms with Gasteiger partial charge in [0.1, 0.15) is 11.9 Å². The Balaban J connectivity index is 1.33. The second kappa shape index (κ2) is 11.5. The van der Waals surface area contributed by atoms with Gasteiger partial charge >= 0.3 is 0 Å². The largest absolute Gasteiger partial charge is 0.216 e. The summed E-state index contributed by atoms with van der Waals surface area (Å²) < 4.78 is 25.9. The number of hydrogen-bond donors (Lipinski definition) is 0. The molecule has 0 aliphatic heterocycles. The third kappa shape index (κ3) is 6.66. The first-order chi connectivity index (χ1) is 14.2. The lowest BCUT2D eigenvalue weighted by molar-refractivity contribution is 0.223. The molecule has 0 radical (unpaired) electrons. The number of halogens is 2. The zero-order chi connectivity index (χ0) is 20.5. The van der Waals surface area contributed by atoms with Crippen molar-refractivity contribution in [2.24, 2.45) is 17.8 Å². The van der Waals surface area contributed by atoms with Gasteiger partial charge in [0.25, 0.3) is 0 Å². The summed E-state index contributed by atoms with van der Waals surface area (Å²) in [6.07, 6.45) is 18.6. The fourth-order valence-electron chi connectivity index (χ4n) is 5.53. The lowest BCUT2D eigenvalue weighted by Gasteiger charge is -2.32. The number of hydrogen-bond acceptors (Lipinski definition) is 1. The Morgan fingerprint density at radius 2 is 1.48 bits per heavy atom. The van der Waals surface area contributed by atoms with Gasteiger partial charge < -0.3 is 0 Å². The molecule has 0 saturated heterocycles. The van der Waals surface area contributed by atoms with Gasteiger partial charge in [-0.15, -0.1) is 0 Å². The average Bonchev–Trinajstić information content (AvgIpc) is 2.76. The first-order valence-corrected chi connectivity index (χ1v) is 11.6. The predicted molar refractivity (Wildman–Crippen MR) is 115 cm³/mol. The molecule has 0 unspecified atom stereocenters. The molecule has 0 heterocycles. The van der Waals surface area contributed by atoms with Crippen LogP contribution in [0.3, 0.4) is 0 Å². The van der Waals surface area contributed by atoms with Crippen LogP contribution in [0.4, 0.5) is 8.78 Å². The zero-order valence-corrected chi connectivity index (χ0v) is 17.6. The molecule has 0 bridgehead atoms. The van der Waals surface area contributed by atoms with E-state index in [1.165, 1.54) is 57.8 Å². The highest BCUT2D eigenvalue weighted by Gasteiger charge is 2.25. The van der Waals surface area contributed by atoms with Crippen molar-refractivity contribution in [2.75, 3.05) is 0 Å². The van der Waals surface area contributed by atoms with E-state index in [4.69, 9.17) is 5.26 Å². The van der Waals surface area contributed by atoms with Gasteiger partial charge in [-0.25, -0.2) is 8.78 Å². The molecule has 0 aromatic heterocycles. The fraction of sp³-hybridized carbons (Fsp3) is 0.654. The highest BCUT2D eigenvalue weighted by molar-refractivity contribution is 5.34. The molecule has 3 rings (SSSR count). The Morgan fingerprint density at radius 1 is 0.897 bits per heavy atom. The molecule has 2 aliphatic carbocycles. The van der Waals surface area contributed by atoms with Crippen LogP contribution in [0.15, 0.2) is 30.6 Å². The summed E-state index contributed by atoms with van der Waals surface area (Å²) in [6, 6.07) is 7.06. The molecule has 2 saturated carbocycles. The minimum atomic E-state index is -0.374. The first-order valence-electron chi connectivity index (χ1n) is 11.6. The van der Waals surface area contributed by atoms with Gasteiger partial charge in [0.05, 0.1) is 11.9 Å². The number of unbranched alkanes of at least 4 members (excludes halogenated alkanes) is 1. The number of rotatable bonds is 8. The standard InChI is InChI=1S/C26H35F2N/c27-17-3-1-2-4-20-5-7-21(8-6-20)9-10-22-11-13-23(14-12-22)24-15-16-25(19-29)26(28)18-24/h3,15-18,20-23H,1-2,4-14H2/b17-3+. The lowest BCUT2D eigenvalue weighted by Crippen LogP contribution is -2.18. The van der Waals surface area contributed by atoms with E-state index in [0.717, 1.165) is 49.0 Å². The van der Waals surface area contributed by atoms with Crippen molar-refractivity contribution >= 4 is 0 Å². The van der Waals surface area contributed by atoms with Gasteiger partial charge in [-0.2, -0.15) is 5.26 Å². The summed E-state index contributed by atoms with van der Waals surface area (Å²) >= 11 is 0. The molecule has 1 aromatic rings. The molecular formula is C26H35F2N. The molecule has 2 aliphatic rings. The fourth-order valence-corrected chi connectivity index (χ4v) is 5.53. The molecule has 29 heavy (non-hydrogen) atoms. The summed E-state index contributed by atoms with van der Waals surface area (Å²) in [6.45, 7) is 0. The van der Waals surface area contributed by atoms with Crippen molar-refractivity contribution in [1.82, 2.24) is 0 Å². The molecular weight excluding hydrogens is 364 g/mol. The van der Waals surface area contributed by atoms with E-state index >= 15 is 0 Å². The summed E-state index contributed by atoms with van der Waals surface area (Å²) in [5.41, 5.74) is 1.22. The van der Waals surface area contributed by atoms with E-state index in [1.54, 1.807) is 18.2 Å². The van der Waals surface area contributed by atoms with Gasteiger partial charge in [0, 0.05) is 0 Å². The van der Waals surface area contributed by atoms with Crippen molar-refractivity contribution in [2.45, 2.75) is 89.4 Å². The van der Waals surface area contributed by atoms with E-state index in [2.05, 4.69) is 0 Å². The number of benzene rings is 1. The first kappa shape index (κ1) is 22.0. The quantitative estimate of drug-likeness (QED) is 0.404. The van der Waals surface area contributed by atoms with Crippen molar-refractivity contribution in [3.63, 3.8) is 0 Å². The van der Waals surface area contributed by atoms with Crippen LogP contribution in [-0.2, 0) is 0 Å². The van der Waals surface area contributed by atoms with Crippen molar-refractivity contribution in [3.05, 3.63) is 47.5 Å². The highest BCUT2D eigenvalue weighted by Crippen LogP contribution is 2.40. The molecule has 0 spiro atoms. The van der Waals surface area contributed by atoms with Gasteiger partial charge in [0.15, 0.2) is 0 Å². The molecule has 3 heteroatoms. The Labute approximate surface area is 175 Å². The average molecular weight is 400 g/mol. The van der Waals surface area contributed by atoms with Crippen molar-refractivity contribution in [1.29, 1.82) is 5.26 Å². The molecule has 2 fully saturated rings. The molecule has 158 valence electrons. The topological polar surface area (TPSA) is 23.8 Å². The molecule has 0 N–H and O–H groups in total. The van der Waals surface area contributed by atoms with Gasteiger partial charge in [-0.3, -0.25) is 0 Å². The lowest BCUT2D eigenvalue weighted by atomic mass is 9.74. The maximum Gasteiger partial charge on any atom is 0.141 e. The van der Waals surface area contributed by atoms with Crippen LogP contribution in [-0.4, -0.2) is 0 Å². The van der Waals surface area contributed by atoms with Crippen LogP contribution in [0, 0.1) is 34.9 Å². The molecule has 1 aromatic carbocycles. The van der Waals surface area contributed by atoms with Crippen LogP contribution >= 0.6 is 0 Å². The molecule has 0 amide bonds. The minimum absolute atomic E-state index is 0.147. The minimum Gasteiger partial charge on any atom is -0.216 e. The van der Waals surface area contributed by atoms with Crippen LogP contribution in [0.1, 0.15) is 101 Å². The SMILES string of the molecule is N#Cc1ccc(C2CCC(CCC3CCC(CCC/C=C/F)CC3)CC2)cc1F. The van der Waals surface area contributed by atoms with E-state index in [0.29, 0.717) is 12.2 Å². The van der Waals surface area contributed by atoms with Crippen molar-refractivity contribution in [3.8, 4) is 6.07 Å². The molecule has 1 nitrogen and oxygen atoms in total. The molecule has 0 atom stereocenters. The number of allylic oxidation sites excluding steroid dienone is 1. The summed E-state index contributed by atoms with van der Waals surface area (Å²) in [7, 11) is 0. The third-order valence-corrected chi connectivity index (χ3v) is 7.45. The van der Waals surface area contributed by atoms with Gasteiger partial charge in [-0.1, -0.05) is 57.1 Å². The Hall–Kier alpha value is -1.69. The summed E-state index contributed by atoms with van der Waals surface area (Å²) in [5, 5.41) is 8.89. The predicted octanol–water partition coefficient (Wildman–Crippen LogP) is 8.21. The second-order valence-corrected chi connectivity index (χ2v) is 9.33. The number of nitriles is 1. The van der Waals surface area contributed by atoms with Crippen LogP contribution in [0.5, 0.6) is 0 Å². The van der Waals surface area contributed by atoms with Crippen LogP contribution < -0.4 is 0 Å². The van der Waals surface area contributed by atoms with E-state index < -0.39 is 0 Å². The van der Waals surface area contributed by atoms with Crippen LogP contribution in [0.25, 0.3) is 0 Å². The maximum atomic E-state index is 13.9.